The Labute approximate surface area is 80.9 Å². The van der Waals surface area contributed by atoms with Crippen molar-refractivity contribution in [2.75, 3.05) is 0 Å². The molecule has 1 aromatic heterocycles. The first-order valence-electron chi connectivity index (χ1n) is 4.28. The lowest BCUT2D eigenvalue weighted by Crippen LogP contribution is -2.03. The van der Waals surface area contributed by atoms with Crippen molar-refractivity contribution in [1.29, 1.82) is 0 Å². The van der Waals surface area contributed by atoms with Gasteiger partial charge in [0.25, 0.3) is 0 Å². The average Bonchev–Trinajstić information content (AvgIpc) is 2.44. The smallest absolute Gasteiger partial charge is 0.0964 e. The monoisotopic (exact) mass is 193 g/mol. The normalized spacial score (nSPS) is 13.4. The van der Waals surface area contributed by atoms with Crippen LogP contribution in [0.1, 0.15) is 11.9 Å². The SMILES string of the molecule is C[C@@H](O)Cc1nc2ccccc2s1. The van der Waals surface area contributed by atoms with Gasteiger partial charge in [-0.2, -0.15) is 0 Å². The van der Waals surface area contributed by atoms with E-state index >= 15 is 0 Å². The van der Waals surface area contributed by atoms with E-state index in [0.717, 1.165) is 10.5 Å². The van der Waals surface area contributed by atoms with Gasteiger partial charge in [-0.3, -0.25) is 0 Å². The molecule has 3 heteroatoms. The Morgan fingerprint density at radius 1 is 1.46 bits per heavy atom. The first-order valence-corrected chi connectivity index (χ1v) is 5.10. The lowest BCUT2D eigenvalue weighted by atomic mass is 10.3. The molecular weight excluding hydrogens is 182 g/mol. The second kappa shape index (κ2) is 3.44. The summed E-state index contributed by atoms with van der Waals surface area (Å²) in [6.07, 6.45) is 0.347. The summed E-state index contributed by atoms with van der Waals surface area (Å²) in [4.78, 5) is 4.41. The number of para-hydroxylation sites is 1. The first-order chi connectivity index (χ1) is 6.25. The number of aliphatic hydroxyl groups is 1. The van der Waals surface area contributed by atoms with E-state index in [4.69, 9.17) is 0 Å². The molecule has 0 saturated heterocycles. The van der Waals surface area contributed by atoms with Gasteiger partial charge in [-0.1, -0.05) is 12.1 Å². The highest BCUT2D eigenvalue weighted by atomic mass is 32.1. The zero-order valence-corrected chi connectivity index (χ0v) is 8.21. The second-order valence-electron chi connectivity index (χ2n) is 3.13. The fourth-order valence-corrected chi connectivity index (χ4v) is 2.35. The van der Waals surface area contributed by atoms with Crippen LogP contribution in [0.2, 0.25) is 0 Å². The predicted molar refractivity (Wildman–Crippen MR) is 55.0 cm³/mol. The second-order valence-corrected chi connectivity index (χ2v) is 4.24. The molecule has 0 fully saturated rings. The molecule has 13 heavy (non-hydrogen) atoms. The molecule has 0 spiro atoms. The van der Waals surface area contributed by atoms with Crippen LogP contribution in [0.3, 0.4) is 0 Å². The summed E-state index contributed by atoms with van der Waals surface area (Å²) in [6, 6.07) is 8.04. The Morgan fingerprint density at radius 3 is 2.92 bits per heavy atom. The molecule has 2 nitrogen and oxygen atoms in total. The minimum Gasteiger partial charge on any atom is -0.393 e. The molecule has 1 N–H and O–H groups in total. The van der Waals surface area contributed by atoms with Crippen molar-refractivity contribution in [2.24, 2.45) is 0 Å². The van der Waals surface area contributed by atoms with E-state index in [-0.39, 0.29) is 6.10 Å². The molecule has 0 unspecified atom stereocenters. The largest absolute Gasteiger partial charge is 0.393 e. The number of thiazole rings is 1. The summed E-state index contributed by atoms with van der Waals surface area (Å²) in [6.45, 7) is 1.78. The highest BCUT2D eigenvalue weighted by Gasteiger charge is 2.05. The van der Waals surface area contributed by atoms with Gasteiger partial charge in [-0.15, -0.1) is 11.3 Å². The number of nitrogens with zero attached hydrogens (tertiary/aromatic N) is 1. The summed E-state index contributed by atoms with van der Waals surface area (Å²) in [7, 11) is 0. The van der Waals surface area contributed by atoms with Crippen LogP contribution in [0.15, 0.2) is 24.3 Å². The molecule has 1 atom stereocenters. The van der Waals surface area contributed by atoms with E-state index in [1.54, 1.807) is 18.3 Å². The fraction of sp³-hybridized carbons (Fsp3) is 0.300. The molecule has 0 bridgehead atoms. The maximum atomic E-state index is 9.20. The highest BCUT2D eigenvalue weighted by molar-refractivity contribution is 7.18. The lowest BCUT2D eigenvalue weighted by molar-refractivity contribution is 0.195. The Kier molecular flexibility index (Phi) is 2.29. The minimum absolute atomic E-state index is 0.305. The van der Waals surface area contributed by atoms with Crippen molar-refractivity contribution in [3.05, 3.63) is 29.3 Å². The van der Waals surface area contributed by atoms with Crippen LogP contribution in [-0.2, 0) is 6.42 Å². The molecule has 0 saturated carbocycles. The zero-order valence-electron chi connectivity index (χ0n) is 7.40. The Balaban J connectivity index is 2.38. The molecule has 68 valence electrons. The number of aromatic nitrogens is 1. The van der Waals surface area contributed by atoms with Gasteiger partial charge >= 0.3 is 0 Å². The third-order valence-electron chi connectivity index (χ3n) is 1.81. The van der Waals surface area contributed by atoms with E-state index < -0.39 is 0 Å². The molecule has 2 aromatic rings. The molecule has 0 aliphatic carbocycles. The Morgan fingerprint density at radius 2 is 2.23 bits per heavy atom. The minimum atomic E-state index is -0.305. The van der Waals surface area contributed by atoms with Crippen molar-refractivity contribution in [1.82, 2.24) is 4.98 Å². The topological polar surface area (TPSA) is 33.1 Å². The molecule has 0 aliphatic heterocycles. The van der Waals surface area contributed by atoms with Crippen LogP contribution in [-0.4, -0.2) is 16.2 Å². The molecule has 0 radical (unpaired) electrons. The van der Waals surface area contributed by atoms with Crippen molar-refractivity contribution in [3.8, 4) is 0 Å². The van der Waals surface area contributed by atoms with Crippen molar-refractivity contribution in [2.45, 2.75) is 19.4 Å². The number of aliphatic hydroxyl groups excluding tert-OH is 1. The standard InChI is InChI=1S/C10H11NOS/c1-7(12)6-10-11-8-4-2-3-5-9(8)13-10/h2-5,7,12H,6H2,1H3/t7-/m1/s1. The van der Waals surface area contributed by atoms with E-state index in [2.05, 4.69) is 11.1 Å². The summed E-state index contributed by atoms with van der Waals surface area (Å²) >= 11 is 1.65. The number of hydrogen-bond donors (Lipinski definition) is 1. The molecule has 0 aliphatic rings. The van der Waals surface area contributed by atoms with Gasteiger partial charge in [0.1, 0.15) is 0 Å². The van der Waals surface area contributed by atoms with Crippen LogP contribution in [0.4, 0.5) is 0 Å². The predicted octanol–water partition coefficient (Wildman–Crippen LogP) is 2.22. The first kappa shape index (κ1) is 8.66. The van der Waals surface area contributed by atoms with Crippen molar-refractivity contribution in [3.63, 3.8) is 0 Å². The van der Waals surface area contributed by atoms with Crippen LogP contribution in [0.5, 0.6) is 0 Å². The lowest BCUT2D eigenvalue weighted by Gasteiger charge is -1.97. The van der Waals surface area contributed by atoms with Gasteiger partial charge < -0.3 is 5.11 Å². The van der Waals surface area contributed by atoms with Gasteiger partial charge in [0.15, 0.2) is 0 Å². The van der Waals surface area contributed by atoms with Crippen LogP contribution in [0, 0.1) is 0 Å². The fourth-order valence-electron chi connectivity index (χ4n) is 1.26. The molecule has 2 rings (SSSR count). The third kappa shape index (κ3) is 1.87. The van der Waals surface area contributed by atoms with Gasteiger partial charge in [0.2, 0.25) is 0 Å². The molecular formula is C10H11NOS. The molecule has 0 amide bonds. The molecule has 1 heterocycles. The quantitative estimate of drug-likeness (QED) is 0.793. The van der Waals surface area contributed by atoms with Crippen molar-refractivity contribution < 1.29 is 5.11 Å². The summed E-state index contributed by atoms with van der Waals surface area (Å²) in [5, 5.41) is 10.2. The van der Waals surface area contributed by atoms with E-state index in [1.165, 1.54) is 4.70 Å². The van der Waals surface area contributed by atoms with Crippen LogP contribution in [0.25, 0.3) is 10.2 Å². The number of hydrogen-bond acceptors (Lipinski definition) is 3. The van der Waals surface area contributed by atoms with Crippen LogP contribution >= 0.6 is 11.3 Å². The Hall–Kier alpha value is -0.930. The van der Waals surface area contributed by atoms with Gasteiger partial charge in [0, 0.05) is 6.42 Å². The van der Waals surface area contributed by atoms with Crippen LogP contribution < -0.4 is 0 Å². The number of rotatable bonds is 2. The van der Waals surface area contributed by atoms with E-state index in [0.29, 0.717) is 6.42 Å². The third-order valence-corrected chi connectivity index (χ3v) is 2.87. The zero-order chi connectivity index (χ0) is 9.26. The summed E-state index contributed by atoms with van der Waals surface area (Å²) in [5.41, 5.74) is 1.03. The summed E-state index contributed by atoms with van der Waals surface area (Å²) in [5.74, 6) is 0. The maximum absolute atomic E-state index is 9.20. The number of benzene rings is 1. The summed E-state index contributed by atoms with van der Waals surface area (Å²) < 4.78 is 1.19. The van der Waals surface area contributed by atoms with E-state index in [9.17, 15) is 5.11 Å². The van der Waals surface area contributed by atoms with Gasteiger partial charge in [-0.05, 0) is 19.1 Å². The highest BCUT2D eigenvalue weighted by Crippen LogP contribution is 2.22. The van der Waals surface area contributed by atoms with Gasteiger partial charge in [-0.25, -0.2) is 4.98 Å². The maximum Gasteiger partial charge on any atom is 0.0964 e. The number of fused-ring (bicyclic) bond motifs is 1. The van der Waals surface area contributed by atoms with E-state index in [1.807, 2.05) is 18.2 Å². The average molecular weight is 193 g/mol. The van der Waals surface area contributed by atoms with Crippen molar-refractivity contribution >= 4 is 21.6 Å². The van der Waals surface area contributed by atoms with Gasteiger partial charge in [0.05, 0.1) is 21.3 Å². The Bertz CT molecular complexity index is 375. The molecule has 1 aromatic carbocycles.